The number of rotatable bonds is 6. The normalized spacial score (nSPS) is 10.8. The summed E-state index contributed by atoms with van der Waals surface area (Å²) >= 11 is 1.41. The average molecular weight is 406 g/mol. The van der Waals surface area contributed by atoms with Crippen molar-refractivity contribution in [2.24, 2.45) is 0 Å². The highest BCUT2D eigenvalue weighted by Crippen LogP contribution is 2.38. The minimum absolute atomic E-state index is 0.116. The molecule has 146 valence electrons. The Kier molecular flexibility index (Phi) is 5.05. The van der Waals surface area contributed by atoms with Gasteiger partial charge in [-0.3, -0.25) is 10.1 Å². The second-order valence-electron chi connectivity index (χ2n) is 6.35. The van der Waals surface area contributed by atoms with Gasteiger partial charge in [0.2, 0.25) is 11.6 Å². The first-order valence-electron chi connectivity index (χ1n) is 9.03. The summed E-state index contributed by atoms with van der Waals surface area (Å²) in [6.45, 7) is 4.42. The number of benzene rings is 2. The molecule has 29 heavy (non-hydrogen) atoms. The number of hydrogen-bond acceptors (Lipinski definition) is 8. The van der Waals surface area contributed by atoms with E-state index in [1.54, 1.807) is 4.90 Å². The van der Waals surface area contributed by atoms with Gasteiger partial charge in [-0.2, -0.15) is 0 Å². The molecule has 2 heterocycles. The van der Waals surface area contributed by atoms with E-state index in [-0.39, 0.29) is 17.3 Å². The molecule has 2 aromatic carbocycles. The molecule has 1 N–H and O–H groups in total. The Morgan fingerprint density at radius 3 is 2.72 bits per heavy atom. The van der Waals surface area contributed by atoms with Crippen LogP contribution in [0.4, 0.5) is 28.1 Å². The van der Waals surface area contributed by atoms with Crippen molar-refractivity contribution >= 4 is 49.7 Å². The van der Waals surface area contributed by atoms with Gasteiger partial charge in [0.15, 0.2) is 5.13 Å². The van der Waals surface area contributed by atoms with E-state index in [0.717, 1.165) is 21.5 Å². The summed E-state index contributed by atoms with van der Waals surface area (Å²) in [4.78, 5) is 26.2. The molecule has 0 saturated heterocycles. The summed E-state index contributed by atoms with van der Waals surface area (Å²) in [6.07, 6.45) is 1.33. The van der Waals surface area contributed by atoms with Gasteiger partial charge in [0.25, 0.3) is 0 Å². The number of nitro groups is 1. The number of nitrogens with one attached hydrogen (secondary N) is 1. The zero-order chi connectivity index (χ0) is 20.4. The van der Waals surface area contributed by atoms with Crippen molar-refractivity contribution in [3.63, 3.8) is 0 Å². The zero-order valence-electron chi connectivity index (χ0n) is 15.9. The van der Waals surface area contributed by atoms with Crippen LogP contribution in [0.3, 0.4) is 0 Å². The summed E-state index contributed by atoms with van der Waals surface area (Å²) in [7, 11) is 0. The lowest BCUT2D eigenvalue weighted by Gasteiger charge is -2.22. The minimum Gasteiger partial charge on any atom is -0.321 e. The maximum Gasteiger partial charge on any atom is 0.354 e. The highest BCUT2D eigenvalue weighted by atomic mass is 32.1. The quantitative estimate of drug-likeness (QED) is 0.347. The van der Waals surface area contributed by atoms with E-state index in [1.165, 1.54) is 17.7 Å². The number of fused-ring (bicyclic) bond motifs is 1. The Bertz CT molecular complexity index is 1160. The van der Waals surface area contributed by atoms with Crippen LogP contribution in [0.5, 0.6) is 0 Å². The molecule has 9 heteroatoms. The predicted octanol–water partition coefficient (Wildman–Crippen LogP) is 5.20. The molecule has 8 nitrogen and oxygen atoms in total. The third kappa shape index (κ3) is 3.72. The second-order valence-corrected chi connectivity index (χ2v) is 7.38. The van der Waals surface area contributed by atoms with Gasteiger partial charge in [0.1, 0.15) is 6.33 Å². The summed E-state index contributed by atoms with van der Waals surface area (Å²) in [5.74, 6) is 0.354. The van der Waals surface area contributed by atoms with Crippen LogP contribution < -0.4 is 10.2 Å². The number of aryl methyl sites for hydroxylation is 1. The van der Waals surface area contributed by atoms with Crippen molar-refractivity contribution < 1.29 is 4.92 Å². The number of hydrogen-bond donors (Lipinski definition) is 1. The Balaban J connectivity index is 1.78. The molecule has 2 aromatic heterocycles. The van der Waals surface area contributed by atoms with Gasteiger partial charge in [-0.05, 0) is 43.7 Å². The first kappa shape index (κ1) is 18.8. The van der Waals surface area contributed by atoms with Gasteiger partial charge in [0.05, 0.1) is 15.1 Å². The fourth-order valence-electron chi connectivity index (χ4n) is 3.10. The third-order valence-corrected chi connectivity index (χ3v) is 5.34. The Morgan fingerprint density at radius 2 is 2.00 bits per heavy atom. The first-order valence-corrected chi connectivity index (χ1v) is 9.84. The largest absolute Gasteiger partial charge is 0.354 e. The van der Waals surface area contributed by atoms with Crippen molar-refractivity contribution in [1.82, 2.24) is 15.0 Å². The van der Waals surface area contributed by atoms with E-state index in [9.17, 15) is 10.1 Å². The van der Waals surface area contributed by atoms with Gasteiger partial charge >= 0.3 is 5.69 Å². The van der Waals surface area contributed by atoms with Crippen LogP contribution in [-0.2, 0) is 0 Å². The van der Waals surface area contributed by atoms with Crippen LogP contribution in [0.15, 0.2) is 54.9 Å². The van der Waals surface area contributed by atoms with E-state index < -0.39 is 4.92 Å². The molecule has 0 unspecified atom stereocenters. The number of nitrogens with zero attached hydrogens (tertiary/aromatic N) is 5. The van der Waals surface area contributed by atoms with Crippen molar-refractivity contribution in [3.05, 3.63) is 70.5 Å². The maximum absolute atomic E-state index is 12.0. The van der Waals surface area contributed by atoms with Gasteiger partial charge in [-0.15, -0.1) is 0 Å². The third-order valence-electron chi connectivity index (χ3n) is 4.39. The van der Waals surface area contributed by atoms with Gasteiger partial charge in [-0.1, -0.05) is 35.6 Å². The van der Waals surface area contributed by atoms with E-state index >= 15 is 0 Å². The van der Waals surface area contributed by atoms with Crippen LogP contribution in [0.2, 0.25) is 0 Å². The van der Waals surface area contributed by atoms with E-state index in [0.29, 0.717) is 11.7 Å². The molecular weight excluding hydrogens is 388 g/mol. The van der Waals surface area contributed by atoms with Crippen LogP contribution in [0.25, 0.3) is 10.2 Å². The molecule has 0 bridgehead atoms. The summed E-state index contributed by atoms with van der Waals surface area (Å²) in [5.41, 5.74) is 2.53. The molecule has 0 saturated carbocycles. The molecule has 0 atom stereocenters. The van der Waals surface area contributed by atoms with Crippen molar-refractivity contribution in [2.75, 3.05) is 16.8 Å². The lowest BCUT2D eigenvalue weighted by atomic mass is 10.2. The van der Waals surface area contributed by atoms with E-state index in [4.69, 9.17) is 0 Å². The molecule has 4 rings (SSSR count). The molecule has 0 aliphatic carbocycles. The number of thiazole rings is 1. The standard InChI is InChI=1S/C20H18N6O2S/c1-3-25(14-8-6-7-13(2)11-14)19-17(26(27)28)18(21-12-22-19)24-20-23-15-9-4-5-10-16(15)29-20/h4-12H,3H2,1-2H3,(H,21,22,23,24). The lowest BCUT2D eigenvalue weighted by Crippen LogP contribution is -2.19. The molecular formula is C20H18N6O2S. The Morgan fingerprint density at radius 1 is 1.17 bits per heavy atom. The second kappa shape index (κ2) is 7.80. The lowest BCUT2D eigenvalue weighted by molar-refractivity contribution is -0.383. The van der Waals surface area contributed by atoms with Crippen LogP contribution in [0.1, 0.15) is 12.5 Å². The van der Waals surface area contributed by atoms with Gasteiger partial charge < -0.3 is 10.2 Å². The van der Waals surface area contributed by atoms with E-state index in [2.05, 4.69) is 20.3 Å². The van der Waals surface area contributed by atoms with Gasteiger partial charge in [-0.25, -0.2) is 15.0 Å². The van der Waals surface area contributed by atoms with Crippen LogP contribution in [0, 0.1) is 17.0 Å². The highest BCUT2D eigenvalue weighted by Gasteiger charge is 2.28. The monoisotopic (exact) mass is 406 g/mol. The Labute approximate surface area is 171 Å². The number of anilines is 4. The Hall–Kier alpha value is -3.59. The smallest absolute Gasteiger partial charge is 0.321 e. The van der Waals surface area contributed by atoms with Gasteiger partial charge in [0, 0.05) is 12.2 Å². The van der Waals surface area contributed by atoms with Crippen molar-refractivity contribution in [1.29, 1.82) is 0 Å². The predicted molar refractivity (Wildman–Crippen MR) is 115 cm³/mol. The molecule has 4 aromatic rings. The number of aromatic nitrogens is 3. The maximum atomic E-state index is 12.0. The SMILES string of the molecule is CCN(c1cccc(C)c1)c1ncnc(Nc2nc3ccccc3s2)c1[N+](=O)[O-]. The summed E-state index contributed by atoms with van der Waals surface area (Å²) in [5, 5.41) is 15.5. The molecule has 0 fully saturated rings. The molecule has 0 radical (unpaired) electrons. The van der Waals surface area contributed by atoms with Crippen LogP contribution in [-0.4, -0.2) is 26.4 Å². The minimum atomic E-state index is -0.455. The summed E-state index contributed by atoms with van der Waals surface area (Å²) in [6, 6.07) is 15.4. The fourth-order valence-corrected chi connectivity index (χ4v) is 3.97. The molecule has 0 aliphatic rings. The summed E-state index contributed by atoms with van der Waals surface area (Å²) < 4.78 is 0.988. The topological polar surface area (TPSA) is 97.1 Å². The molecule has 0 amide bonds. The molecule has 0 aliphatic heterocycles. The van der Waals surface area contributed by atoms with Crippen molar-refractivity contribution in [3.8, 4) is 0 Å². The fraction of sp³-hybridized carbons (Fsp3) is 0.150. The zero-order valence-corrected chi connectivity index (χ0v) is 16.7. The number of para-hydroxylation sites is 1. The highest BCUT2D eigenvalue weighted by molar-refractivity contribution is 7.22. The van der Waals surface area contributed by atoms with Crippen LogP contribution >= 0.6 is 11.3 Å². The molecule has 0 spiro atoms. The first-order chi connectivity index (χ1) is 14.1. The van der Waals surface area contributed by atoms with E-state index in [1.807, 2.05) is 62.4 Å². The average Bonchev–Trinajstić information content (AvgIpc) is 3.11. The van der Waals surface area contributed by atoms with Crippen molar-refractivity contribution in [2.45, 2.75) is 13.8 Å².